The van der Waals surface area contributed by atoms with Crippen molar-refractivity contribution in [1.82, 2.24) is 24.7 Å². The second-order valence-electron chi connectivity index (χ2n) is 5.16. The van der Waals surface area contributed by atoms with Crippen LogP contribution < -0.4 is 5.32 Å². The number of aromatic nitrogens is 5. The molecule has 1 aromatic carbocycles. The Morgan fingerprint density at radius 3 is 2.74 bits per heavy atom. The highest BCUT2D eigenvalue weighted by Gasteiger charge is 2.10. The molecule has 0 radical (unpaired) electrons. The molecule has 3 heterocycles. The molecule has 0 amide bonds. The van der Waals surface area contributed by atoms with Gasteiger partial charge in [0.2, 0.25) is 0 Å². The normalized spacial score (nSPS) is 12.4. The first kappa shape index (κ1) is 13.8. The van der Waals surface area contributed by atoms with Gasteiger partial charge in [-0.25, -0.2) is 19.6 Å². The molecule has 0 spiro atoms. The average Bonchev–Trinajstić information content (AvgIpc) is 3.27. The van der Waals surface area contributed by atoms with Crippen molar-refractivity contribution in [2.45, 2.75) is 13.0 Å². The smallest absolute Gasteiger partial charge is 0.138 e. The number of thiophene rings is 1. The highest BCUT2D eigenvalue weighted by molar-refractivity contribution is 7.16. The van der Waals surface area contributed by atoms with E-state index in [1.807, 2.05) is 23.6 Å². The molecule has 4 aromatic rings. The summed E-state index contributed by atoms with van der Waals surface area (Å²) in [7, 11) is 0. The molecule has 0 fully saturated rings. The monoisotopic (exact) mass is 322 g/mol. The lowest BCUT2D eigenvalue weighted by Crippen LogP contribution is -2.08. The van der Waals surface area contributed by atoms with Crippen molar-refractivity contribution in [2.75, 3.05) is 5.32 Å². The van der Waals surface area contributed by atoms with Crippen LogP contribution >= 0.6 is 11.3 Å². The Morgan fingerprint density at radius 1 is 1.09 bits per heavy atom. The summed E-state index contributed by atoms with van der Waals surface area (Å²) < 4.78 is 1.74. The Kier molecular flexibility index (Phi) is 3.47. The summed E-state index contributed by atoms with van der Waals surface area (Å²) in [5.41, 5.74) is 2.16. The molecule has 4 rings (SSSR count). The summed E-state index contributed by atoms with van der Waals surface area (Å²) in [6.45, 7) is 2.12. The predicted octanol–water partition coefficient (Wildman–Crippen LogP) is 3.45. The second kappa shape index (κ2) is 5.77. The van der Waals surface area contributed by atoms with E-state index in [1.54, 1.807) is 28.7 Å². The number of nitrogens with zero attached hydrogens (tertiary/aromatic N) is 5. The largest absolute Gasteiger partial charge is 0.363 e. The highest BCUT2D eigenvalue weighted by Crippen LogP contribution is 2.27. The van der Waals surface area contributed by atoms with Gasteiger partial charge in [-0.1, -0.05) is 12.1 Å². The van der Waals surface area contributed by atoms with Crippen molar-refractivity contribution in [3.05, 3.63) is 60.3 Å². The van der Waals surface area contributed by atoms with Crippen LogP contribution in [0.1, 0.15) is 18.5 Å². The molecular formula is C16H14N6S. The van der Waals surface area contributed by atoms with Crippen LogP contribution in [0.25, 0.3) is 15.9 Å². The minimum Gasteiger partial charge on any atom is -0.363 e. The highest BCUT2D eigenvalue weighted by atomic mass is 32.1. The van der Waals surface area contributed by atoms with Gasteiger partial charge in [0.1, 0.15) is 29.6 Å². The molecule has 1 atom stereocenters. The average molecular weight is 322 g/mol. The summed E-state index contributed by atoms with van der Waals surface area (Å²) in [6.07, 6.45) is 4.81. The lowest BCUT2D eigenvalue weighted by Gasteiger charge is -2.16. The van der Waals surface area contributed by atoms with E-state index in [4.69, 9.17) is 0 Å². The third kappa shape index (κ3) is 2.66. The van der Waals surface area contributed by atoms with E-state index in [2.05, 4.69) is 44.4 Å². The molecule has 0 saturated heterocycles. The fraction of sp³-hybridized carbons (Fsp3) is 0.125. The maximum Gasteiger partial charge on any atom is 0.138 e. The minimum atomic E-state index is 0.137. The van der Waals surface area contributed by atoms with Gasteiger partial charge in [0, 0.05) is 6.04 Å². The van der Waals surface area contributed by atoms with Gasteiger partial charge < -0.3 is 5.32 Å². The van der Waals surface area contributed by atoms with Crippen LogP contribution in [0.3, 0.4) is 0 Å². The molecule has 3 aromatic heterocycles. The number of nitrogens with one attached hydrogen (secondary N) is 1. The lowest BCUT2D eigenvalue weighted by atomic mass is 10.1. The standard InChI is InChI=1S/C16H14N6S/c1-11(21-15-14-6-7-23-16(14)19-9-18-15)12-2-4-13(5-3-12)22-10-17-8-20-22/h2-11H,1H3,(H,18,19,21). The van der Waals surface area contributed by atoms with Crippen molar-refractivity contribution in [3.63, 3.8) is 0 Å². The van der Waals surface area contributed by atoms with Crippen LogP contribution in [0.5, 0.6) is 0 Å². The maximum absolute atomic E-state index is 4.36. The fourth-order valence-electron chi connectivity index (χ4n) is 2.45. The van der Waals surface area contributed by atoms with Crippen molar-refractivity contribution < 1.29 is 0 Å². The zero-order valence-electron chi connectivity index (χ0n) is 12.4. The molecule has 1 N–H and O–H groups in total. The Morgan fingerprint density at radius 2 is 1.96 bits per heavy atom. The Hall–Kier alpha value is -2.80. The van der Waals surface area contributed by atoms with Crippen LogP contribution in [0, 0.1) is 0 Å². The number of rotatable bonds is 4. The second-order valence-corrected chi connectivity index (χ2v) is 6.05. The van der Waals surface area contributed by atoms with E-state index < -0.39 is 0 Å². The van der Waals surface area contributed by atoms with Gasteiger partial charge in [0.15, 0.2) is 0 Å². The van der Waals surface area contributed by atoms with Gasteiger partial charge >= 0.3 is 0 Å². The zero-order chi connectivity index (χ0) is 15.6. The van der Waals surface area contributed by atoms with Crippen LogP contribution in [-0.2, 0) is 0 Å². The van der Waals surface area contributed by atoms with Crippen molar-refractivity contribution in [1.29, 1.82) is 0 Å². The van der Waals surface area contributed by atoms with Gasteiger partial charge in [-0.15, -0.1) is 11.3 Å². The number of fused-ring (bicyclic) bond motifs is 1. The molecule has 0 aliphatic heterocycles. The molecule has 0 aliphatic rings. The Bertz CT molecular complexity index is 913. The van der Waals surface area contributed by atoms with E-state index in [9.17, 15) is 0 Å². The SMILES string of the molecule is CC(Nc1ncnc2sccc12)c1ccc(-n2cncn2)cc1. The zero-order valence-corrected chi connectivity index (χ0v) is 13.2. The first-order valence-electron chi connectivity index (χ1n) is 7.21. The molecule has 0 bridgehead atoms. The molecule has 7 heteroatoms. The third-order valence-electron chi connectivity index (χ3n) is 3.69. The van der Waals surface area contributed by atoms with Gasteiger partial charge in [-0.3, -0.25) is 0 Å². The van der Waals surface area contributed by atoms with Crippen LogP contribution in [0.2, 0.25) is 0 Å². The van der Waals surface area contributed by atoms with Gasteiger partial charge in [-0.2, -0.15) is 5.10 Å². The molecule has 0 saturated carbocycles. The van der Waals surface area contributed by atoms with E-state index in [1.165, 1.54) is 11.9 Å². The topological polar surface area (TPSA) is 68.5 Å². The first-order chi connectivity index (χ1) is 11.3. The quantitative estimate of drug-likeness (QED) is 0.623. The lowest BCUT2D eigenvalue weighted by molar-refractivity contribution is 0.859. The molecular weight excluding hydrogens is 308 g/mol. The van der Waals surface area contributed by atoms with Crippen molar-refractivity contribution in [3.8, 4) is 5.69 Å². The summed E-state index contributed by atoms with van der Waals surface area (Å²) in [5, 5.41) is 10.7. The molecule has 6 nitrogen and oxygen atoms in total. The van der Waals surface area contributed by atoms with Gasteiger partial charge in [0.05, 0.1) is 11.1 Å². The van der Waals surface area contributed by atoms with Crippen molar-refractivity contribution in [2.24, 2.45) is 0 Å². The van der Waals surface area contributed by atoms with Crippen LogP contribution in [-0.4, -0.2) is 24.7 Å². The molecule has 23 heavy (non-hydrogen) atoms. The third-order valence-corrected chi connectivity index (χ3v) is 4.51. The molecule has 1 unspecified atom stereocenters. The van der Waals surface area contributed by atoms with Crippen LogP contribution in [0.15, 0.2) is 54.7 Å². The number of hydrogen-bond acceptors (Lipinski definition) is 6. The van der Waals surface area contributed by atoms with E-state index >= 15 is 0 Å². The Labute approximate surface area is 136 Å². The van der Waals surface area contributed by atoms with E-state index in [-0.39, 0.29) is 6.04 Å². The molecule has 114 valence electrons. The predicted molar refractivity (Wildman–Crippen MR) is 90.8 cm³/mol. The van der Waals surface area contributed by atoms with E-state index in [0.29, 0.717) is 0 Å². The minimum absolute atomic E-state index is 0.137. The molecule has 0 aliphatic carbocycles. The van der Waals surface area contributed by atoms with E-state index in [0.717, 1.165) is 21.7 Å². The fourth-order valence-corrected chi connectivity index (χ4v) is 3.18. The summed E-state index contributed by atoms with van der Waals surface area (Å²) in [6, 6.07) is 10.4. The van der Waals surface area contributed by atoms with Crippen molar-refractivity contribution >= 4 is 27.4 Å². The van der Waals surface area contributed by atoms with Gasteiger partial charge in [0.25, 0.3) is 0 Å². The van der Waals surface area contributed by atoms with Gasteiger partial charge in [-0.05, 0) is 36.1 Å². The number of hydrogen-bond donors (Lipinski definition) is 1. The number of benzene rings is 1. The first-order valence-corrected chi connectivity index (χ1v) is 8.09. The summed E-state index contributed by atoms with van der Waals surface area (Å²) in [4.78, 5) is 13.6. The summed E-state index contributed by atoms with van der Waals surface area (Å²) in [5.74, 6) is 0.865. The Balaban J connectivity index is 1.57. The summed E-state index contributed by atoms with van der Waals surface area (Å²) >= 11 is 1.62. The van der Waals surface area contributed by atoms with Crippen LogP contribution in [0.4, 0.5) is 5.82 Å². The number of anilines is 1. The maximum atomic E-state index is 4.36.